The van der Waals surface area contributed by atoms with Crippen molar-refractivity contribution in [1.82, 2.24) is 15.3 Å². The highest BCUT2D eigenvalue weighted by Crippen LogP contribution is 2.02. The van der Waals surface area contributed by atoms with Crippen LogP contribution >= 0.6 is 0 Å². The quantitative estimate of drug-likeness (QED) is 0.499. The summed E-state index contributed by atoms with van der Waals surface area (Å²) in [5.74, 6) is 0. The summed E-state index contributed by atoms with van der Waals surface area (Å²) in [6, 6.07) is 0. The highest BCUT2D eigenvalue weighted by molar-refractivity contribution is 4.84. The Bertz CT molecular complexity index is 239. The fraction of sp³-hybridized carbons (Fsp3) is 0.500. The summed E-state index contributed by atoms with van der Waals surface area (Å²) >= 11 is 0. The highest BCUT2D eigenvalue weighted by atomic mass is 16.7. The predicted octanol–water partition coefficient (Wildman–Crippen LogP) is 0.152. The average Bonchev–Trinajstić information content (AvgIpc) is 2.55. The molecule has 6 heteroatoms. The molecule has 0 saturated carbocycles. The van der Waals surface area contributed by atoms with Gasteiger partial charge in [-0.2, -0.15) is 10.5 Å². The van der Waals surface area contributed by atoms with E-state index in [1.807, 2.05) is 26.4 Å². The van der Waals surface area contributed by atoms with Crippen molar-refractivity contribution in [3.8, 4) is 12.4 Å². The van der Waals surface area contributed by atoms with E-state index in [1.54, 1.807) is 10.4 Å². The van der Waals surface area contributed by atoms with Crippen molar-refractivity contribution in [1.29, 1.82) is 10.5 Å². The molecule has 76 valence electrons. The predicted molar refractivity (Wildman–Crippen MR) is 49.6 cm³/mol. The van der Waals surface area contributed by atoms with Gasteiger partial charge in [-0.05, 0) is 6.92 Å². The molecule has 0 aromatic rings. The second-order valence-corrected chi connectivity index (χ2v) is 2.38. The van der Waals surface area contributed by atoms with Crippen LogP contribution in [0.1, 0.15) is 6.92 Å². The van der Waals surface area contributed by atoms with Gasteiger partial charge in [-0.25, -0.2) is 10.4 Å². The van der Waals surface area contributed by atoms with Gasteiger partial charge in [-0.15, -0.1) is 0 Å². The Kier molecular flexibility index (Phi) is 6.66. The first-order chi connectivity index (χ1) is 6.74. The smallest absolute Gasteiger partial charge is 0.190 e. The molecule has 0 radical (unpaired) electrons. The number of hydrogen-bond donors (Lipinski definition) is 1. The zero-order valence-electron chi connectivity index (χ0n) is 8.27. The van der Waals surface area contributed by atoms with Crippen LogP contribution in [-0.4, -0.2) is 30.3 Å². The number of nitrogens with zero attached hydrogens (tertiary/aromatic N) is 4. The first kappa shape index (κ1) is 12.1. The van der Waals surface area contributed by atoms with Crippen LogP contribution in [0.15, 0.2) is 12.4 Å². The lowest BCUT2D eigenvalue weighted by Crippen LogP contribution is -2.22. The maximum absolute atomic E-state index is 7.48. The Balaban J connectivity index is 0.000000292. The molecule has 1 N–H and O–H groups in total. The van der Waals surface area contributed by atoms with Gasteiger partial charge in [0.15, 0.2) is 12.4 Å². The lowest BCUT2D eigenvalue weighted by atomic mass is 10.9. The second kappa shape index (κ2) is 7.71. The van der Waals surface area contributed by atoms with Gasteiger partial charge in [0.05, 0.1) is 6.61 Å². The molecule has 0 aromatic carbocycles. The van der Waals surface area contributed by atoms with Gasteiger partial charge in [0.1, 0.15) is 6.67 Å². The van der Waals surface area contributed by atoms with E-state index in [9.17, 15) is 0 Å². The Hall–Kier alpha value is -1.92. The summed E-state index contributed by atoms with van der Waals surface area (Å²) in [4.78, 5) is 7.23. The van der Waals surface area contributed by atoms with Gasteiger partial charge < -0.3 is 4.90 Å². The van der Waals surface area contributed by atoms with Crippen LogP contribution in [0.3, 0.4) is 0 Å². The molecular weight excluding hydrogens is 182 g/mol. The van der Waals surface area contributed by atoms with Gasteiger partial charge >= 0.3 is 0 Å². The Morgan fingerprint density at radius 3 is 2.36 bits per heavy atom. The summed E-state index contributed by atoms with van der Waals surface area (Å²) in [7, 11) is 2.01. The molecule has 1 aliphatic rings. The lowest BCUT2D eigenvalue weighted by Gasteiger charge is -2.15. The van der Waals surface area contributed by atoms with Gasteiger partial charge in [-0.3, -0.25) is 4.84 Å². The molecule has 0 aliphatic carbocycles. The molecule has 6 nitrogen and oxygen atoms in total. The molecular formula is C8H13N5O. The van der Waals surface area contributed by atoms with E-state index < -0.39 is 0 Å². The van der Waals surface area contributed by atoms with Crippen LogP contribution in [0.2, 0.25) is 0 Å². The second-order valence-electron chi connectivity index (χ2n) is 2.38. The van der Waals surface area contributed by atoms with Crippen molar-refractivity contribution in [2.24, 2.45) is 0 Å². The van der Waals surface area contributed by atoms with Crippen LogP contribution in [-0.2, 0) is 4.84 Å². The zero-order chi connectivity index (χ0) is 10.8. The van der Waals surface area contributed by atoms with Crippen LogP contribution in [0.4, 0.5) is 0 Å². The lowest BCUT2D eigenvalue weighted by molar-refractivity contribution is -0.121. The maximum atomic E-state index is 7.48. The molecule has 0 saturated heterocycles. The van der Waals surface area contributed by atoms with E-state index in [1.165, 1.54) is 12.4 Å². The third-order valence-electron chi connectivity index (χ3n) is 1.26. The van der Waals surface area contributed by atoms with Crippen molar-refractivity contribution >= 4 is 0 Å². The Morgan fingerprint density at radius 1 is 1.43 bits per heavy atom. The van der Waals surface area contributed by atoms with Crippen LogP contribution in [0.25, 0.3) is 0 Å². The molecule has 1 aliphatic heterocycles. The van der Waals surface area contributed by atoms with Crippen molar-refractivity contribution in [2.45, 2.75) is 6.92 Å². The molecule has 14 heavy (non-hydrogen) atoms. The van der Waals surface area contributed by atoms with Crippen LogP contribution < -0.4 is 5.32 Å². The first-order valence-corrected chi connectivity index (χ1v) is 4.05. The van der Waals surface area contributed by atoms with Gasteiger partial charge in [-0.1, -0.05) is 0 Å². The van der Waals surface area contributed by atoms with Gasteiger partial charge in [0, 0.05) is 19.4 Å². The van der Waals surface area contributed by atoms with E-state index in [0.29, 0.717) is 0 Å². The average molecular weight is 195 g/mol. The largest absolute Gasteiger partial charge is 0.360 e. The number of hydrogen-bond acceptors (Lipinski definition) is 6. The minimum Gasteiger partial charge on any atom is -0.360 e. The molecule has 0 bridgehead atoms. The van der Waals surface area contributed by atoms with Crippen molar-refractivity contribution in [3.05, 3.63) is 12.4 Å². The number of rotatable bonds is 2. The summed E-state index contributed by atoms with van der Waals surface area (Å²) in [5, 5.41) is 18.5. The molecule has 0 unspecified atom stereocenters. The Labute approximate surface area is 83.5 Å². The Morgan fingerprint density at radius 2 is 2.07 bits per heavy atom. The minimum atomic E-state index is 0.734. The summed E-state index contributed by atoms with van der Waals surface area (Å²) in [5.41, 5.74) is 0. The van der Waals surface area contributed by atoms with Crippen LogP contribution in [0.5, 0.6) is 0 Å². The third kappa shape index (κ3) is 5.70. The first-order valence-electron chi connectivity index (χ1n) is 4.05. The highest BCUT2D eigenvalue weighted by Gasteiger charge is 2.06. The van der Waals surface area contributed by atoms with E-state index in [0.717, 1.165) is 13.3 Å². The van der Waals surface area contributed by atoms with E-state index >= 15 is 0 Å². The van der Waals surface area contributed by atoms with Gasteiger partial charge in [0.2, 0.25) is 0 Å². The maximum Gasteiger partial charge on any atom is 0.190 e. The number of nitriles is 2. The molecule has 0 atom stereocenters. The summed E-state index contributed by atoms with van der Waals surface area (Å²) in [6.07, 6.45) is 6.71. The fourth-order valence-electron chi connectivity index (χ4n) is 0.777. The van der Waals surface area contributed by atoms with E-state index in [-0.39, 0.29) is 0 Å². The molecule has 0 spiro atoms. The van der Waals surface area contributed by atoms with Crippen molar-refractivity contribution in [2.75, 3.05) is 20.3 Å². The topological polar surface area (TPSA) is 75.3 Å². The molecule has 1 rings (SSSR count). The normalized spacial score (nSPS) is 12.6. The van der Waals surface area contributed by atoms with E-state index in [2.05, 4.69) is 4.90 Å². The monoisotopic (exact) mass is 195 g/mol. The van der Waals surface area contributed by atoms with Crippen molar-refractivity contribution in [3.63, 3.8) is 0 Å². The molecule has 0 aromatic heterocycles. The summed E-state index contributed by atoms with van der Waals surface area (Å²) in [6.45, 7) is 3.55. The molecule has 1 heterocycles. The van der Waals surface area contributed by atoms with E-state index in [4.69, 9.17) is 15.4 Å². The fourth-order valence-corrected chi connectivity index (χ4v) is 0.777. The molecule has 0 fully saturated rings. The van der Waals surface area contributed by atoms with Crippen LogP contribution in [0, 0.1) is 22.9 Å². The third-order valence-corrected chi connectivity index (χ3v) is 1.26. The summed E-state index contributed by atoms with van der Waals surface area (Å²) < 4.78 is 0. The van der Waals surface area contributed by atoms with Gasteiger partial charge in [0.25, 0.3) is 0 Å². The SMILES string of the molecule is CCON1C=CN(C)C1.N#CNC#N. The zero-order valence-corrected chi connectivity index (χ0v) is 8.27. The minimum absolute atomic E-state index is 0.734. The number of nitrogens with one attached hydrogen (secondary N) is 1. The number of hydroxylamine groups is 2. The van der Waals surface area contributed by atoms with Crippen molar-refractivity contribution < 1.29 is 4.84 Å². The molecule has 0 amide bonds. The standard InChI is InChI=1S/C6H12N2O.C2HN3/c1-3-9-8-5-4-7(2)6-8;3-1-5-2-4/h4-5H,3,6H2,1-2H3;5H.